The highest BCUT2D eigenvalue weighted by molar-refractivity contribution is 5.93. The molecular weight excluding hydrogens is 254 g/mol. The number of rotatable bonds is 4. The van der Waals surface area contributed by atoms with E-state index >= 15 is 0 Å². The maximum atomic E-state index is 11.3. The molecule has 0 saturated heterocycles. The SMILES string of the molecule is CC(C)(Oc1c(N)cccc1C(=O)O)c1ccccc1. The fourth-order valence-corrected chi connectivity index (χ4v) is 1.99. The van der Waals surface area contributed by atoms with Gasteiger partial charge in [0, 0.05) is 0 Å². The van der Waals surface area contributed by atoms with Crippen LogP contribution in [0.1, 0.15) is 29.8 Å². The lowest BCUT2D eigenvalue weighted by atomic mass is 9.98. The van der Waals surface area contributed by atoms with Crippen LogP contribution in [0.4, 0.5) is 5.69 Å². The van der Waals surface area contributed by atoms with Crippen LogP contribution in [0.2, 0.25) is 0 Å². The molecule has 0 spiro atoms. The van der Waals surface area contributed by atoms with Crippen LogP contribution in [-0.2, 0) is 5.60 Å². The maximum Gasteiger partial charge on any atom is 0.339 e. The summed E-state index contributed by atoms with van der Waals surface area (Å²) in [5, 5.41) is 9.22. The number of para-hydroxylation sites is 1. The Labute approximate surface area is 117 Å². The predicted molar refractivity (Wildman–Crippen MR) is 77.9 cm³/mol. The summed E-state index contributed by atoms with van der Waals surface area (Å²) in [6, 6.07) is 14.3. The van der Waals surface area contributed by atoms with Gasteiger partial charge in [0.05, 0.1) is 5.69 Å². The molecule has 4 nitrogen and oxygen atoms in total. The van der Waals surface area contributed by atoms with Gasteiger partial charge in [-0.1, -0.05) is 36.4 Å². The Kier molecular flexibility index (Phi) is 3.66. The van der Waals surface area contributed by atoms with Crippen molar-refractivity contribution >= 4 is 11.7 Å². The van der Waals surface area contributed by atoms with E-state index in [1.165, 1.54) is 6.07 Å². The first-order valence-electron chi connectivity index (χ1n) is 6.28. The lowest BCUT2D eigenvalue weighted by molar-refractivity contribution is 0.0673. The van der Waals surface area contributed by atoms with Gasteiger partial charge in [-0.25, -0.2) is 4.79 Å². The molecule has 0 amide bonds. The molecule has 2 rings (SSSR count). The minimum Gasteiger partial charge on any atom is -0.480 e. The molecule has 0 aliphatic rings. The summed E-state index contributed by atoms with van der Waals surface area (Å²) in [5.41, 5.74) is 6.50. The molecule has 2 aromatic carbocycles. The standard InChI is InChI=1S/C16H17NO3/c1-16(2,11-7-4-3-5-8-11)20-14-12(15(18)19)9-6-10-13(14)17/h3-10H,17H2,1-2H3,(H,18,19). The third kappa shape index (κ3) is 2.74. The Morgan fingerprint density at radius 2 is 1.75 bits per heavy atom. The molecule has 0 saturated carbocycles. The quantitative estimate of drug-likeness (QED) is 0.837. The first-order chi connectivity index (χ1) is 9.42. The van der Waals surface area contributed by atoms with Crippen molar-refractivity contribution in [2.45, 2.75) is 19.4 Å². The first kappa shape index (κ1) is 13.9. The summed E-state index contributed by atoms with van der Waals surface area (Å²) in [7, 11) is 0. The number of carboxylic acids is 1. The van der Waals surface area contributed by atoms with Gasteiger partial charge in [0.2, 0.25) is 0 Å². The molecule has 20 heavy (non-hydrogen) atoms. The molecule has 0 fully saturated rings. The Morgan fingerprint density at radius 3 is 2.35 bits per heavy atom. The molecule has 2 aromatic rings. The number of nitrogens with two attached hydrogens (primary N) is 1. The van der Waals surface area contributed by atoms with Gasteiger partial charge in [0.1, 0.15) is 11.2 Å². The van der Waals surface area contributed by atoms with E-state index in [4.69, 9.17) is 10.5 Å². The number of aromatic carboxylic acids is 1. The van der Waals surface area contributed by atoms with Gasteiger partial charge in [0.15, 0.2) is 5.75 Å². The fourth-order valence-electron chi connectivity index (χ4n) is 1.99. The summed E-state index contributed by atoms with van der Waals surface area (Å²) in [5.74, 6) is -0.856. The van der Waals surface area contributed by atoms with Crippen LogP contribution in [-0.4, -0.2) is 11.1 Å². The van der Waals surface area contributed by atoms with E-state index in [2.05, 4.69) is 0 Å². The number of carboxylic acid groups (broad SMARTS) is 1. The molecule has 0 heterocycles. The van der Waals surface area contributed by atoms with Crippen molar-refractivity contribution in [3.8, 4) is 5.75 Å². The van der Waals surface area contributed by atoms with Crippen LogP contribution in [0.3, 0.4) is 0 Å². The topological polar surface area (TPSA) is 72.5 Å². The van der Waals surface area contributed by atoms with E-state index in [1.54, 1.807) is 12.1 Å². The second kappa shape index (κ2) is 5.25. The second-order valence-electron chi connectivity index (χ2n) is 5.01. The zero-order chi connectivity index (χ0) is 14.8. The summed E-state index contributed by atoms with van der Waals surface area (Å²) < 4.78 is 5.91. The molecular formula is C16H17NO3. The van der Waals surface area contributed by atoms with E-state index < -0.39 is 11.6 Å². The Hall–Kier alpha value is -2.49. The van der Waals surface area contributed by atoms with Gasteiger partial charge in [0.25, 0.3) is 0 Å². The maximum absolute atomic E-state index is 11.3. The average Bonchev–Trinajstić information content (AvgIpc) is 2.41. The van der Waals surface area contributed by atoms with Crippen LogP contribution in [0, 0.1) is 0 Å². The van der Waals surface area contributed by atoms with Crippen molar-refractivity contribution in [2.24, 2.45) is 0 Å². The number of benzene rings is 2. The van der Waals surface area contributed by atoms with Crippen molar-refractivity contribution < 1.29 is 14.6 Å². The average molecular weight is 271 g/mol. The smallest absolute Gasteiger partial charge is 0.339 e. The molecule has 0 unspecified atom stereocenters. The Bertz CT molecular complexity index is 621. The number of hydrogen-bond acceptors (Lipinski definition) is 3. The highest BCUT2D eigenvalue weighted by atomic mass is 16.5. The van der Waals surface area contributed by atoms with Crippen molar-refractivity contribution in [3.63, 3.8) is 0 Å². The minimum absolute atomic E-state index is 0.0639. The highest BCUT2D eigenvalue weighted by Gasteiger charge is 2.26. The summed E-state index contributed by atoms with van der Waals surface area (Å²) in [6.45, 7) is 3.75. The van der Waals surface area contributed by atoms with Gasteiger partial charge in [-0.05, 0) is 31.5 Å². The zero-order valence-electron chi connectivity index (χ0n) is 11.5. The second-order valence-corrected chi connectivity index (χ2v) is 5.01. The third-order valence-corrected chi connectivity index (χ3v) is 3.10. The van der Waals surface area contributed by atoms with Gasteiger partial charge < -0.3 is 15.6 Å². The predicted octanol–water partition coefficient (Wildman–Crippen LogP) is 3.28. The van der Waals surface area contributed by atoms with Crippen molar-refractivity contribution in [1.82, 2.24) is 0 Å². The summed E-state index contributed by atoms with van der Waals surface area (Å²) >= 11 is 0. The van der Waals surface area contributed by atoms with Crippen LogP contribution >= 0.6 is 0 Å². The van der Waals surface area contributed by atoms with Crippen LogP contribution in [0.15, 0.2) is 48.5 Å². The molecule has 0 aromatic heterocycles. The van der Waals surface area contributed by atoms with Gasteiger partial charge in [-0.2, -0.15) is 0 Å². The lowest BCUT2D eigenvalue weighted by Crippen LogP contribution is -2.26. The van der Waals surface area contributed by atoms with Crippen LogP contribution in [0.5, 0.6) is 5.75 Å². The fraction of sp³-hybridized carbons (Fsp3) is 0.188. The molecule has 0 radical (unpaired) electrons. The lowest BCUT2D eigenvalue weighted by Gasteiger charge is -2.28. The Morgan fingerprint density at radius 1 is 1.10 bits per heavy atom. The molecule has 4 heteroatoms. The van der Waals surface area contributed by atoms with E-state index in [1.807, 2.05) is 44.2 Å². The van der Waals surface area contributed by atoms with Crippen molar-refractivity contribution in [2.75, 3.05) is 5.73 Å². The van der Waals surface area contributed by atoms with Crippen LogP contribution < -0.4 is 10.5 Å². The summed E-state index contributed by atoms with van der Waals surface area (Å²) in [4.78, 5) is 11.3. The van der Waals surface area contributed by atoms with Gasteiger partial charge in [-0.15, -0.1) is 0 Å². The third-order valence-electron chi connectivity index (χ3n) is 3.10. The molecule has 104 valence electrons. The molecule has 3 N–H and O–H groups in total. The van der Waals surface area contributed by atoms with E-state index in [0.29, 0.717) is 5.69 Å². The van der Waals surface area contributed by atoms with E-state index in [-0.39, 0.29) is 11.3 Å². The number of carbonyl (C=O) groups is 1. The summed E-state index contributed by atoms with van der Waals surface area (Å²) in [6.07, 6.45) is 0. The Balaban J connectivity index is 2.42. The monoisotopic (exact) mass is 271 g/mol. The van der Waals surface area contributed by atoms with Gasteiger partial charge >= 0.3 is 5.97 Å². The van der Waals surface area contributed by atoms with E-state index in [9.17, 15) is 9.90 Å². The van der Waals surface area contributed by atoms with Gasteiger partial charge in [-0.3, -0.25) is 0 Å². The molecule has 0 aliphatic heterocycles. The van der Waals surface area contributed by atoms with Crippen LogP contribution in [0.25, 0.3) is 0 Å². The number of nitrogen functional groups attached to an aromatic ring is 1. The molecule has 0 bridgehead atoms. The number of ether oxygens (including phenoxy) is 1. The van der Waals surface area contributed by atoms with Crippen molar-refractivity contribution in [1.29, 1.82) is 0 Å². The molecule has 0 aliphatic carbocycles. The molecule has 0 atom stereocenters. The van der Waals surface area contributed by atoms with Crippen molar-refractivity contribution in [3.05, 3.63) is 59.7 Å². The zero-order valence-corrected chi connectivity index (χ0v) is 11.5. The normalized spacial score (nSPS) is 11.1. The van der Waals surface area contributed by atoms with E-state index in [0.717, 1.165) is 5.56 Å². The highest BCUT2D eigenvalue weighted by Crippen LogP contribution is 2.34. The number of hydrogen-bond donors (Lipinski definition) is 2. The first-order valence-corrected chi connectivity index (χ1v) is 6.28. The number of anilines is 1. The largest absolute Gasteiger partial charge is 0.480 e. The minimum atomic E-state index is -1.06.